The lowest BCUT2D eigenvalue weighted by Gasteiger charge is -2.31. The Labute approximate surface area is 166 Å². The maximum absolute atomic E-state index is 13.7. The van der Waals surface area contributed by atoms with Gasteiger partial charge in [-0.1, -0.05) is 24.3 Å². The van der Waals surface area contributed by atoms with Gasteiger partial charge in [0.25, 0.3) is 5.91 Å². The molecule has 3 aromatic rings. The third-order valence-electron chi connectivity index (χ3n) is 5.06. The molecule has 0 saturated heterocycles. The normalized spacial score (nSPS) is 18.9. The fourth-order valence-electron chi connectivity index (χ4n) is 3.76. The minimum Gasteiger partial charge on any atom is -0.351 e. The summed E-state index contributed by atoms with van der Waals surface area (Å²) in [5.74, 6) is -0.183. The third kappa shape index (κ3) is 4.13. The van der Waals surface area contributed by atoms with Crippen LogP contribution in [0.3, 0.4) is 0 Å². The van der Waals surface area contributed by atoms with Crippen LogP contribution in [-0.4, -0.2) is 25.5 Å². The molecule has 1 aliphatic heterocycles. The summed E-state index contributed by atoms with van der Waals surface area (Å²) in [6.45, 7) is 1.85. The van der Waals surface area contributed by atoms with Crippen molar-refractivity contribution < 1.29 is 14.1 Å². The van der Waals surface area contributed by atoms with E-state index < -0.39 is 0 Å². The average molecular weight is 402 g/mol. The van der Waals surface area contributed by atoms with Gasteiger partial charge in [-0.25, -0.2) is 4.39 Å². The summed E-state index contributed by atoms with van der Waals surface area (Å²) in [4.78, 5) is 16.6. The lowest BCUT2D eigenvalue weighted by molar-refractivity contribution is -0.919. The smallest absolute Gasteiger partial charge is 0.275 e. The van der Waals surface area contributed by atoms with Crippen molar-refractivity contribution in [1.29, 1.82) is 0 Å². The number of fused-ring (bicyclic) bond motifs is 1. The van der Waals surface area contributed by atoms with Crippen molar-refractivity contribution in [3.8, 4) is 0 Å². The van der Waals surface area contributed by atoms with Crippen LogP contribution in [0.15, 0.2) is 53.2 Å². The van der Waals surface area contributed by atoms with Crippen molar-refractivity contribution in [2.45, 2.75) is 18.9 Å². The Bertz CT molecular complexity index is 907. The second-order valence-corrected chi connectivity index (χ2v) is 8.75. The summed E-state index contributed by atoms with van der Waals surface area (Å²) in [6.07, 6.45) is 1.53. The number of carbonyl (C=O) groups excluding carboxylic acids is 1. The zero-order chi connectivity index (χ0) is 18.6. The van der Waals surface area contributed by atoms with Crippen LogP contribution in [-0.2, 0) is 17.6 Å². The van der Waals surface area contributed by atoms with Crippen molar-refractivity contribution in [2.75, 3.05) is 19.6 Å². The number of hydrogen-bond acceptors (Lipinski definition) is 3. The molecule has 3 heterocycles. The molecule has 2 atom stereocenters. The first-order chi connectivity index (χ1) is 13.2. The van der Waals surface area contributed by atoms with E-state index in [0.717, 1.165) is 13.0 Å². The number of benzene rings is 1. The van der Waals surface area contributed by atoms with E-state index in [2.05, 4.69) is 34.3 Å². The van der Waals surface area contributed by atoms with Gasteiger partial charge in [0.15, 0.2) is 6.54 Å². The molecule has 0 radical (unpaired) electrons. The van der Waals surface area contributed by atoms with Gasteiger partial charge in [0, 0.05) is 23.4 Å². The van der Waals surface area contributed by atoms with Crippen LogP contribution in [0.1, 0.15) is 26.9 Å². The highest BCUT2D eigenvalue weighted by atomic mass is 32.1. The number of halogens is 1. The Balaban J connectivity index is 1.39. The molecule has 2 N–H and O–H groups in total. The minimum atomic E-state index is -0.212. The molecule has 0 saturated carbocycles. The standard InChI is InChI=1S/C21H21FN2OS2/c22-17-5-2-1-4-15(17)7-10-23-20(25)14-24-11-8-18-16(9-13-27-18)21(24)19-6-3-12-26-19/h1-6,9,12-13,21H,7-8,10-11,14H2,(H,23,25)/p+1/t21-/m0/s1. The summed E-state index contributed by atoms with van der Waals surface area (Å²) >= 11 is 3.57. The van der Waals surface area contributed by atoms with Gasteiger partial charge < -0.3 is 10.2 Å². The maximum Gasteiger partial charge on any atom is 0.275 e. The molecule has 0 spiro atoms. The molecule has 4 rings (SSSR count). The number of quaternary nitrogens is 1. The molecule has 27 heavy (non-hydrogen) atoms. The van der Waals surface area contributed by atoms with Gasteiger partial charge in [0.2, 0.25) is 0 Å². The van der Waals surface area contributed by atoms with E-state index in [1.165, 1.54) is 26.3 Å². The van der Waals surface area contributed by atoms with Crippen molar-refractivity contribution in [1.82, 2.24) is 5.32 Å². The van der Waals surface area contributed by atoms with E-state index in [1.54, 1.807) is 23.5 Å². The van der Waals surface area contributed by atoms with Gasteiger partial charge in [0.1, 0.15) is 11.9 Å². The molecule has 3 nitrogen and oxygen atoms in total. The Hall–Kier alpha value is -2.02. The molecular weight excluding hydrogens is 379 g/mol. The molecule has 0 aliphatic carbocycles. The van der Waals surface area contributed by atoms with Crippen molar-refractivity contribution in [2.24, 2.45) is 0 Å². The molecule has 1 aromatic carbocycles. The quantitative estimate of drug-likeness (QED) is 0.654. The number of nitrogens with one attached hydrogen (secondary N) is 2. The lowest BCUT2D eigenvalue weighted by atomic mass is 9.98. The number of rotatable bonds is 6. The molecule has 140 valence electrons. The highest BCUT2D eigenvalue weighted by Crippen LogP contribution is 2.31. The van der Waals surface area contributed by atoms with E-state index in [0.29, 0.717) is 25.1 Å². The number of thiophene rings is 2. The Morgan fingerprint density at radius 1 is 1.15 bits per heavy atom. The highest BCUT2D eigenvalue weighted by molar-refractivity contribution is 7.10. The molecule has 1 unspecified atom stereocenters. The number of hydrogen-bond donors (Lipinski definition) is 2. The van der Waals surface area contributed by atoms with E-state index in [9.17, 15) is 9.18 Å². The van der Waals surface area contributed by atoms with E-state index in [1.807, 2.05) is 17.4 Å². The van der Waals surface area contributed by atoms with Gasteiger partial charge in [-0.15, -0.1) is 22.7 Å². The minimum absolute atomic E-state index is 0.0292. The fraction of sp³-hybridized carbons (Fsp3) is 0.286. The van der Waals surface area contributed by atoms with Gasteiger partial charge >= 0.3 is 0 Å². The monoisotopic (exact) mass is 401 g/mol. The van der Waals surface area contributed by atoms with Crippen LogP contribution in [0.4, 0.5) is 4.39 Å². The van der Waals surface area contributed by atoms with Crippen LogP contribution in [0, 0.1) is 5.82 Å². The molecule has 0 bridgehead atoms. The predicted octanol–water partition coefficient (Wildman–Crippen LogP) is 2.84. The molecule has 2 aromatic heterocycles. The summed E-state index contributed by atoms with van der Waals surface area (Å²) in [5, 5.41) is 7.22. The second kappa shape index (κ2) is 8.33. The number of carbonyl (C=O) groups is 1. The Morgan fingerprint density at radius 2 is 2.04 bits per heavy atom. The zero-order valence-corrected chi connectivity index (χ0v) is 16.5. The molecule has 0 fully saturated rings. The van der Waals surface area contributed by atoms with Crippen molar-refractivity contribution in [3.63, 3.8) is 0 Å². The predicted molar refractivity (Wildman–Crippen MR) is 108 cm³/mol. The first-order valence-corrected chi connectivity index (χ1v) is 10.9. The van der Waals surface area contributed by atoms with E-state index >= 15 is 0 Å². The van der Waals surface area contributed by atoms with Crippen molar-refractivity contribution >= 4 is 28.6 Å². The summed E-state index contributed by atoms with van der Waals surface area (Å²) in [7, 11) is 0. The molecular formula is C21H22FN2OS2+. The average Bonchev–Trinajstić information content (AvgIpc) is 3.34. The van der Waals surface area contributed by atoms with Crippen molar-refractivity contribution in [3.05, 3.63) is 79.9 Å². The maximum atomic E-state index is 13.7. The largest absolute Gasteiger partial charge is 0.351 e. The van der Waals surface area contributed by atoms with Gasteiger partial charge in [-0.05, 0) is 40.9 Å². The Morgan fingerprint density at radius 3 is 2.85 bits per heavy atom. The first-order valence-electron chi connectivity index (χ1n) is 9.16. The summed E-state index contributed by atoms with van der Waals surface area (Å²) in [5.41, 5.74) is 2.00. The second-order valence-electron chi connectivity index (χ2n) is 6.77. The highest BCUT2D eigenvalue weighted by Gasteiger charge is 2.34. The van der Waals surface area contributed by atoms with Crippen LogP contribution in [0.2, 0.25) is 0 Å². The third-order valence-corrected chi connectivity index (χ3v) is 7.00. The van der Waals surface area contributed by atoms with Gasteiger partial charge in [-0.2, -0.15) is 0 Å². The summed E-state index contributed by atoms with van der Waals surface area (Å²) < 4.78 is 13.7. The molecule has 1 aliphatic rings. The molecule has 1 amide bonds. The SMILES string of the molecule is O=C(C[NH+]1CCc2sccc2[C@H]1c1cccs1)NCCc1ccccc1F. The van der Waals surface area contributed by atoms with E-state index in [4.69, 9.17) is 0 Å². The zero-order valence-electron chi connectivity index (χ0n) is 14.9. The van der Waals surface area contributed by atoms with Crippen LogP contribution in [0.25, 0.3) is 0 Å². The molecule has 6 heteroatoms. The van der Waals surface area contributed by atoms with Crippen LogP contribution < -0.4 is 10.2 Å². The van der Waals surface area contributed by atoms with E-state index in [-0.39, 0.29) is 17.8 Å². The lowest BCUT2D eigenvalue weighted by Crippen LogP contribution is -3.14. The van der Waals surface area contributed by atoms with Gasteiger partial charge in [0.05, 0.1) is 11.4 Å². The van der Waals surface area contributed by atoms with Gasteiger partial charge in [-0.3, -0.25) is 4.79 Å². The van der Waals surface area contributed by atoms with Crippen LogP contribution in [0.5, 0.6) is 0 Å². The number of amides is 1. The summed E-state index contributed by atoms with van der Waals surface area (Å²) in [6, 6.07) is 13.4. The Kier molecular flexibility index (Phi) is 5.66. The fourth-order valence-corrected chi connectivity index (χ4v) is 5.58. The topological polar surface area (TPSA) is 33.5 Å². The van der Waals surface area contributed by atoms with Crippen LogP contribution >= 0.6 is 22.7 Å². The first kappa shape index (κ1) is 18.3.